The maximum Gasteiger partial charge on any atom is 0.261 e. The molecule has 0 saturated carbocycles. The molecule has 0 aliphatic rings. The normalized spacial score (nSPS) is 10.7. The summed E-state index contributed by atoms with van der Waals surface area (Å²) in [6.07, 6.45) is 0. The Morgan fingerprint density at radius 2 is 1.69 bits per heavy atom. The van der Waals surface area contributed by atoms with E-state index in [2.05, 4.69) is 10.6 Å². The summed E-state index contributed by atoms with van der Waals surface area (Å²) in [4.78, 5) is 24.7. The molecule has 134 valence electrons. The third kappa shape index (κ3) is 3.72. The van der Waals surface area contributed by atoms with Gasteiger partial charge in [-0.3, -0.25) is 9.59 Å². The minimum Gasteiger partial charge on any atom is -0.350 e. The molecule has 2 N–H and O–H groups in total. The van der Waals surface area contributed by atoms with Crippen LogP contribution in [0.15, 0.2) is 42.5 Å². The van der Waals surface area contributed by atoms with Gasteiger partial charge in [-0.2, -0.15) is 0 Å². The van der Waals surface area contributed by atoms with Gasteiger partial charge in [0.05, 0.1) is 10.4 Å². The predicted octanol–water partition coefficient (Wildman–Crippen LogP) is 3.65. The van der Waals surface area contributed by atoms with Gasteiger partial charge in [0.25, 0.3) is 11.8 Å². The molecule has 3 rings (SSSR count). The van der Waals surface area contributed by atoms with Crippen molar-refractivity contribution in [3.8, 4) is 0 Å². The average molecular weight is 374 g/mol. The zero-order valence-corrected chi connectivity index (χ0v) is 14.8. The maximum absolute atomic E-state index is 13.5. The number of benzene rings is 2. The van der Waals surface area contributed by atoms with Crippen LogP contribution in [0.5, 0.6) is 0 Å². The molecule has 26 heavy (non-hydrogen) atoms. The molecule has 0 radical (unpaired) electrons. The van der Waals surface area contributed by atoms with Gasteiger partial charge in [-0.05, 0) is 48.2 Å². The van der Waals surface area contributed by atoms with Crippen LogP contribution in [0, 0.1) is 18.6 Å². The first-order valence-corrected chi connectivity index (χ1v) is 8.78. The molecule has 0 bridgehead atoms. The number of amides is 2. The van der Waals surface area contributed by atoms with Gasteiger partial charge in [0, 0.05) is 17.8 Å². The van der Waals surface area contributed by atoms with E-state index in [1.54, 1.807) is 19.1 Å². The van der Waals surface area contributed by atoms with Crippen molar-refractivity contribution in [3.05, 3.63) is 70.1 Å². The van der Waals surface area contributed by atoms with E-state index in [4.69, 9.17) is 0 Å². The van der Waals surface area contributed by atoms with Crippen LogP contribution >= 0.6 is 11.3 Å². The minimum atomic E-state index is -0.595. The molecule has 2 amide bonds. The maximum atomic E-state index is 13.5. The highest BCUT2D eigenvalue weighted by Crippen LogP contribution is 2.31. The summed E-state index contributed by atoms with van der Waals surface area (Å²) in [6.45, 7) is 2.13. The zero-order valence-electron chi connectivity index (χ0n) is 13.9. The second kappa shape index (κ2) is 7.61. The summed E-state index contributed by atoms with van der Waals surface area (Å²) in [6, 6.07) is 10.1. The lowest BCUT2D eigenvalue weighted by Crippen LogP contribution is -2.34. The van der Waals surface area contributed by atoms with Gasteiger partial charge < -0.3 is 10.6 Å². The highest BCUT2D eigenvalue weighted by molar-refractivity contribution is 7.21. The second-order valence-corrected chi connectivity index (χ2v) is 6.74. The van der Waals surface area contributed by atoms with Crippen LogP contribution in [0.3, 0.4) is 0 Å². The van der Waals surface area contributed by atoms with Crippen molar-refractivity contribution in [2.45, 2.75) is 6.92 Å². The van der Waals surface area contributed by atoms with Crippen molar-refractivity contribution in [1.82, 2.24) is 10.6 Å². The van der Waals surface area contributed by atoms with Crippen molar-refractivity contribution in [2.75, 3.05) is 13.1 Å². The summed E-state index contributed by atoms with van der Waals surface area (Å²) in [5.41, 5.74) is 0.679. The Hall–Kier alpha value is -2.80. The van der Waals surface area contributed by atoms with Crippen molar-refractivity contribution < 1.29 is 18.4 Å². The van der Waals surface area contributed by atoms with E-state index in [9.17, 15) is 18.4 Å². The quantitative estimate of drug-likeness (QED) is 0.670. The van der Waals surface area contributed by atoms with Gasteiger partial charge in [0.15, 0.2) is 0 Å². The first-order chi connectivity index (χ1) is 12.5. The summed E-state index contributed by atoms with van der Waals surface area (Å²) >= 11 is 1.29. The number of carbonyl (C=O) groups excluding carboxylic acids is 2. The Kier molecular flexibility index (Phi) is 5.27. The number of thiophene rings is 1. The third-order valence-electron chi connectivity index (χ3n) is 3.92. The van der Waals surface area contributed by atoms with Crippen LogP contribution in [0.1, 0.15) is 25.6 Å². The lowest BCUT2D eigenvalue weighted by Gasteiger charge is -2.07. The molecule has 4 nitrogen and oxygen atoms in total. The number of nitrogens with one attached hydrogen (secondary N) is 2. The molecule has 0 saturated heterocycles. The largest absolute Gasteiger partial charge is 0.350 e. The van der Waals surface area contributed by atoms with E-state index in [0.29, 0.717) is 10.3 Å². The number of rotatable bonds is 5. The van der Waals surface area contributed by atoms with Gasteiger partial charge in [-0.1, -0.05) is 12.1 Å². The standard InChI is InChI=1S/C19H16F2N2O2S/c1-11-14-10-12(20)6-7-16(14)26-17(11)19(25)23-9-8-22-18(24)13-4-2-3-5-15(13)21/h2-7,10H,8-9H2,1H3,(H,22,24)(H,23,25). The Morgan fingerprint density at radius 1 is 1.00 bits per heavy atom. The minimum absolute atomic E-state index is 0.0406. The first kappa shape index (κ1) is 18.0. The van der Waals surface area contributed by atoms with Crippen molar-refractivity contribution in [3.63, 3.8) is 0 Å². The summed E-state index contributed by atoms with van der Waals surface area (Å²) in [7, 11) is 0. The number of hydrogen-bond acceptors (Lipinski definition) is 3. The predicted molar refractivity (Wildman–Crippen MR) is 97.6 cm³/mol. The fourth-order valence-electron chi connectivity index (χ4n) is 2.58. The molecule has 1 aromatic heterocycles. The molecular formula is C19H16F2N2O2S. The average Bonchev–Trinajstić information content (AvgIpc) is 2.95. The first-order valence-electron chi connectivity index (χ1n) is 7.97. The molecule has 0 unspecified atom stereocenters. The molecule has 0 spiro atoms. The zero-order chi connectivity index (χ0) is 18.7. The fourth-order valence-corrected chi connectivity index (χ4v) is 3.69. The third-order valence-corrected chi connectivity index (χ3v) is 5.19. The van der Waals surface area contributed by atoms with Crippen molar-refractivity contribution in [2.24, 2.45) is 0 Å². The summed E-state index contributed by atoms with van der Waals surface area (Å²) < 4.78 is 27.7. The van der Waals surface area contributed by atoms with Crippen LogP contribution in [-0.2, 0) is 0 Å². The van der Waals surface area contributed by atoms with Gasteiger partial charge >= 0.3 is 0 Å². The number of aryl methyl sites for hydroxylation is 1. The van der Waals surface area contributed by atoms with Crippen LogP contribution in [-0.4, -0.2) is 24.9 Å². The van der Waals surface area contributed by atoms with Crippen LogP contribution in [0.25, 0.3) is 10.1 Å². The number of halogens is 2. The molecule has 0 aliphatic carbocycles. The van der Waals surface area contributed by atoms with E-state index in [1.807, 2.05) is 0 Å². The number of fused-ring (bicyclic) bond motifs is 1. The van der Waals surface area contributed by atoms with E-state index in [0.717, 1.165) is 10.3 Å². The van der Waals surface area contributed by atoms with E-state index < -0.39 is 11.7 Å². The second-order valence-electron chi connectivity index (χ2n) is 5.69. The monoisotopic (exact) mass is 374 g/mol. The van der Waals surface area contributed by atoms with Crippen LogP contribution < -0.4 is 10.6 Å². The van der Waals surface area contributed by atoms with E-state index in [1.165, 1.54) is 41.7 Å². The Bertz CT molecular complexity index is 985. The lowest BCUT2D eigenvalue weighted by molar-refractivity contribution is 0.0927. The lowest BCUT2D eigenvalue weighted by atomic mass is 10.1. The molecule has 2 aromatic carbocycles. The highest BCUT2D eigenvalue weighted by Gasteiger charge is 2.16. The molecule has 0 aliphatic heterocycles. The van der Waals surface area contributed by atoms with Gasteiger partial charge in [-0.25, -0.2) is 8.78 Å². The summed E-state index contributed by atoms with van der Waals surface area (Å²) in [5, 5.41) is 5.98. The highest BCUT2D eigenvalue weighted by atomic mass is 32.1. The van der Waals surface area contributed by atoms with Crippen molar-refractivity contribution in [1.29, 1.82) is 0 Å². The Labute approximate surface area is 152 Å². The van der Waals surface area contributed by atoms with E-state index >= 15 is 0 Å². The molecular weight excluding hydrogens is 358 g/mol. The smallest absolute Gasteiger partial charge is 0.261 e. The molecule has 1 heterocycles. The van der Waals surface area contributed by atoms with Gasteiger partial charge in [0.1, 0.15) is 11.6 Å². The topological polar surface area (TPSA) is 58.2 Å². The van der Waals surface area contributed by atoms with E-state index in [-0.39, 0.29) is 30.4 Å². The Balaban J connectivity index is 1.57. The molecule has 7 heteroatoms. The van der Waals surface area contributed by atoms with Gasteiger partial charge in [-0.15, -0.1) is 11.3 Å². The SMILES string of the molecule is Cc1c(C(=O)NCCNC(=O)c2ccccc2F)sc2ccc(F)cc12. The number of hydrogen-bond donors (Lipinski definition) is 2. The van der Waals surface area contributed by atoms with Crippen LogP contribution in [0.4, 0.5) is 8.78 Å². The molecule has 0 fully saturated rings. The molecule has 3 aromatic rings. The molecule has 0 atom stereocenters. The van der Waals surface area contributed by atoms with Gasteiger partial charge in [0.2, 0.25) is 0 Å². The summed E-state index contributed by atoms with van der Waals surface area (Å²) in [5.74, 6) is -1.77. The fraction of sp³-hybridized carbons (Fsp3) is 0.158. The number of carbonyl (C=O) groups is 2. The Morgan fingerprint density at radius 3 is 2.42 bits per heavy atom. The van der Waals surface area contributed by atoms with Crippen LogP contribution in [0.2, 0.25) is 0 Å². The van der Waals surface area contributed by atoms with Crippen molar-refractivity contribution >= 4 is 33.2 Å².